The Labute approximate surface area is 163 Å². The van der Waals surface area contributed by atoms with E-state index in [9.17, 15) is 23.2 Å². The minimum atomic E-state index is -0.948. The topological polar surface area (TPSA) is 88.8 Å². The number of nitrogens with one attached hydrogen (secondary N) is 1. The van der Waals surface area contributed by atoms with Crippen molar-refractivity contribution in [1.29, 1.82) is 0 Å². The Morgan fingerprint density at radius 3 is 2.75 bits per heavy atom. The quantitative estimate of drug-likeness (QED) is 0.763. The van der Waals surface area contributed by atoms with E-state index < -0.39 is 41.5 Å². The Kier molecular flexibility index (Phi) is 5.98. The minimum absolute atomic E-state index is 0.234. The van der Waals surface area contributed by atoms with Crippen LogP contribution in [0.3, 0.4) is 0 Å². The number of carbonyl (C=O) groups excluding carboxylic acids is 3. The van der Waals surface area contributed by atoms with Crippen LogP contribution in [-0.4, -0.2) is 41.1 Å². The number of nitrogens with zero attached hydrogens (tertiary/aromatic N) is 1. The number of esters is 1. The largest absolute Gasteiger partial charge is 0.466 e. The normalized spacial score (nSPS) is 18.8. The van der Waals surface area contributed by atoms with Crippen molar-refractivity contribution in [2.45, 2.75) is 18.3 Å². The summed E-state index contributed by atoms with van der Waals surface area (Å²) in [6, 6.07) is 5.17. The molecular formula is C18H16F2N2O5S. The maximum atomic E-state index is 13.6. The fraction of sp³-hybridized carbons (Fsp3) is 0.278. The molecule has 0 saturated carbocycles. The number of anilines is 1. The highest BCUT2D eigenvalue weighted by atomic mass is 32.2. The molecule has 0 spiro atoms. The predicted molar refractivity (Wildman–Crippen MR) is 96.2 cm³/mol. The molecule has 148 valence electrons. The van der Waals surface area contributed by atoms with Crippen molar-refractivity contribution in [2.75, 3.05) is 17.7 Å². The second kappa shape index (κ2) is 8.42. The molecule has 0 unspecified atom stereocenters. The molecule has 1 saturated heterocycles. The Balaban J connectivity index is 1.59. The summed E-state index contributed by atoms with van der Waals surface area (Å²) in [6.45, 7) is 0.653. The minimum Gasteiger partial charge on any atom is -0.466 e. The molecule has 0 aliphatic carbocycles. The van der Waals surface area contributed by atoms with E-state index >= 15 is 0 Å². The lowest BCUT2D eigenvalue weighted by Crippen LogP contribution is -2.43. The van der Waals surface area contributed by atoms with Crippen LogP contribution >= 0.6 is 11.8 Å². The van der Waals surface area contributed by atoms with Crippen LogP contribution < -0.4 is 5.32 Å². The monoisotopic (exact) mass is 410 g/mol. The first-order chi connectivity index (χ1) is 13.4. The van der Waals surface area contributed by atoms with Gasteiger partial charge < -0.3 is 19.4 Å². The van der Waals surface area contributed by atoms with E-state index in [1.165, 1.54) is 29.8 Å². The van der Waals surface area contributed by atoms with Gasteiger partial charge >= 0.3 is 5.97 Å². The van der Waals surface area contributed by atoms with Gasteiger partial charge in [0, 0.05) is 18.7 Å². The van der Waals surface area contributed by atoms with Gasteiger partial charge in [-0.2, -0.15) is 0 Å². The molecule has 3 rings (SSSR count). The van der Waals surface area contributed by atoms with E-state index in [1.807, 2.05) is 0 Å². The summed E-state index contributed by atoms with van der Waals surface area (Å²) in [4.78, 5) is 37.6. The summed E-state index contributed by atoms with van der Waals surface area (Å²) in [5.74, 6) is -2.82. The number of halogens is 2. The molecule has 2 atom stereocenters. The molecule has 2 aromatic rings. The average molecular weight is 410 g/mol. The molecule has 2 amide bonds. The van der Waals surface area contributed by atoms with Crippen LogP contribution in [0.25, 0.3) is 0 Å². The zero-order valence-corrected chi connectivity index (χ0v) is 15.5. The zero-order valence-electron chi connectivity index (χ0n) is 14.7. The summed E-state index contributed by atoms with van der Waals surface area (Å²) in [5, 5.41) is 1.72. The highest BCUT2D eigenvalue weighted by Gasteiger charge is 2.43. The van der Waals surface area contributed by atoms with Gasteiger partial charge in [-0.3, -0.25) is 9.59 Å². The van der Waals surface area contributed by atoms with Gasteiger partial charge in [-0.1, -0.05) is 0 Å². The van der Waals surface area contributed by atoms with Gasteiger partial charge in [-0.15, -0.1) is 11.8 Å². The van der Waals surface area contributed by atoms with Gasteiger partial charge in [0.1, 0.15) is 28.8 Å². The summed E-state index contributed by atoms with van der Waals surface area (Å²) in [5.41, 5.74) is -0.234. The van der Waals surface area contributed by atoms with E-state index in [2.05, 4.69) is 5.32 Å². The number of thioether (sulfide) groups is 1. The average Bonchev–Trinajstić information content (AvgIpc) is 3.31. The maximum absolute atomic E-state index is 13.6. The number of rotatable bonds is 5. The van der Waals surface area contributed by atoms with Gasteiger partial charge in [0.25, 0.3) is 5.91 Å². The van der Waals surface area contributed by atoms with Crippen LogP contribution in [0.15, 0.2) is 41.0 Å². The molecule has 1 aromatic carbocycles. The lowest BCUT2D eigenvalue weighted by molar-refractivity contribution is -0.155. The van der Waals surface area contributed by atoms with Crippen molar-refractivity contribution in [3.05, 3.63) is 54.0 Å². The maximum Gasteiger partial charge on any atom is 0.330 e. The van der Waals surface area contributed by atoms with E-state index in [0.29, 0.717) is 11.8 Å². The van der Waals surface area contributed by atoms with E-state index in [4.69, 9.17) is 9.15 Å². The fourth-order valence-electron chi connectivity index (χ4n) is 2.73. The van der Waals surface area contributed by atoms with E-state index in [0.717, 1.165) is 12.1 Å². The molecule has 0 radical (unpaired) electrons. The van der Waals surface area contributed by atoms with Crippen molar-refractivity contribution in [2.24, 2.45) is 0 Å². The smallest absolute Gasteiger partial charge is 0.330 e. The van der Waals surface area contributed by atoms with Crippen molar-refractivity contribution >= 4 is 35.2 Å². The summed E-state index contributed by atoms with van der Waals surface area (Å²) in [6.07, 6.45) is 1.47. The molecule has 10 heteroatoms. The van der Waals surface area contributed by atoms with Gasteiger partial charge in [-0.05, 0) is 24.3 Å². The predicted octanol–water partition coefficient (Wildman–Crippen LogP) is 2.70. The highest BCUT2D eigenvalue weighted by Crippen LogP contribution is 2.41. The number of hydrogen-bond acceptors (Lipinski definition) is 6. The molecule has 0 bridgehead atoms. The van der Waals surface area contributed by atoms with Crippen molar-refractivity contribution in [3.63, 3.8) is 0 Å². The van der Waals surface area contributed by atoms with Gasteiger partial charge in [-0.25, -0.2) is 13.6 Å². The summed E-state index contributed by atoms with van der Waals surface area (Å²) < 4.78 is 36.7. The van der Waals surface area contributed by atoms with E-state index in [1.54, 1.807) is 12.1 Å². The van der Waals surface area contributed by atoms with Crippen LogP contribution in [0.5, 0.6) is 0 Å². The van der Waals surface area contributed by atoms with Crippen molar-refractivity contribution in [3.8, 4) is 0 Å². The fourth-order valence-corrected chi connectivity index (χ4v) is 4.15. The van der Waals surface area contributed by atoms with Crippen LogP contribution in [-0.2, 0) is 19.1 Å². The Morgan fingerprint density at radius 2 is 2.11 bits per heavy atom. The molecule has 1 aliphatic heterocycles. The summed E-state index contributed by atoms with van der Waals surface area (Å²) >= 11 is 1.34. The third kappa shape index (κ3) is 4.33. The third-order valence-electron chi connectivity index (χ3n) is 3.97. The van der Waals surface area contributed by atoms with Crippen LogP contribution in [0.1, 0.15) is 18.1 Å². The van der Waals surface area contributed by atoms with Gasteiger partial charge in [0.2, 0.25) is 5.91 Å². The number of carbonyl (C=O) groups is 3. The molecule has 7 nitrogen and oxygen atoms in total. The Bertz CT molecular complexity index is 890. The van der Waals surface area contributed by atoms with Crippen molar-refractivity contribution < 1.29 is 32.3 Å². The van der Waals surface area contributed by atoms with Crippen LogP contribution in [0.4, 0.5) is 14.5 Å². The number of amides is 2. The zero-order chi connectivity index (χ0) is 20.3. The second-order valence-corrected chi connectivity index (χ2v) is 7.04. The Hall–Kier alpha value is -2.88. The standard InChI is InChI=1S/C18H16F2N2O5S/c1-10(23)22-14(9-28-17(22)15-3-2-6-26-15)18(25)27-8-16(24)21-13-5-4-11(19)7-12(13)20/h2-7,14,17H,8-9H2,1H3,(H,21,24)/t14-,17-/m1/s1. The van der Waals surface area contributed by atoms with Crippen LogP contribution in [0.2, 0.25) is 0 Å². The molecule has 1 aromatic heterocycles. The first-order valence-electron chi connectivity index (χ1n) is 8.22. The molecule has 1 fully saturated rings. The molecule has 1 aliphatic rings. The Morgan fingerprint density at radius 1 is 1.32 bits per heavy atom. The first kappa shape index (κ1) is 19.9. The highest BCUT2D eigenvalue weighted by molar-refractivity contribution is 7.99. The number of ether oxygens (including phenoxy) is 1. The van der Waals surface area contributed by atoms with Gasteiger partial charge in [0.05, 0.1) is 12.0 Å². The summed E-state index contributed by atoms with van der Waals surface area (Å²) in [7, 11) is 0. The lowest BCUT2D eigenvalue weighted by Gasteiger charge is -2.25. The first-order valence-corrected chi connectivity index (χ1v) is 9.27. The molecule has 1 N–H and O–H groups in total. The third-order valence-corrected chi connectivity index (χ3v) is 5.26. The molecular weight excluding hydrogens is 394 g/mol. The molecule has 2 heterocycles. The number of hydrogen-bond donors (Lipinski definition) is 1. The van der Waals surface area contributed by atoms with Crippen molar-refractivity contribution in [1.82, 2.24) is 4.90 Å². The van der Waals surface area contributed by atoms with Crippen LogP contribution in [0, 0.1) is 11.6 Å². The van der Waals surface area contributed by atoms with E-state index in [-0.39, 0.29) is 17.3 Å². The second-order valence-electron chi connectivity index (χ2n) is 5.92. The lowest BCUT2D eigenvalue weighted by atomic mass is 10.2. The number of furan rings is 1. The van der Waals surface area contributed by atoms with Gasteiger partial charge in [0.15, 0.2) is 6.61 Å². The number of benzene rings is 1. The SMILES string of the molecule is CC(=O)N1[C@@H](C(=O)OCC(=O)Nc2ccc(F)cc2F)CS[C@@H]1c1ccco1. The molecule has 28 heavy (non-hydrogen) atoms.